The van der Waals surface area contributed by atoms with Crippen molar-refractivity contribution in [1.82, 2.24) is 0 Å². The molecule has 0 aromatic heterocycles. The Labute approximate surface area is 52.8 Å². The molecular weight excluding hydrogens is 239 g/mol. The molecule has 0 N–H and O–H groups in total. The van der Waals surface area contributed by atoms with Crippen molar-refractivity contribution in [2.45, 2.75) is 0 Å². The molecule has 0 saturated heterocycles. The van der Waals surface area contributed by atoms with Gasteiger partial charge >= 0.3 is 35.0 Å². The summed E-state index contributed by atoms with van der Waals surface area (Å²) in [5.74, 6) is 0. The van der Waals surface area contributed by atoms with Crippen LogP contribution in [0, 0.1) is 0 Å². The van der Waals surface area contributed by atoms with E-state index in [1.165, 1.54) is 0 Å². The molecule has 0 aliphatic heterocycles. The predicted octanol–water partition coefficient (Wildman–Crippen LogP) is 2.03. The number of hydrogen-bond donors (Lipinski definition) is 0. The van der Waals surface area contributed by atoms with Crippen molar-refractivity contribution in [2.75, 3.05) is 0 Å². The molecule has 0 fully saturated rings. The van der Waals surface area contributed by atoms with Gasteiger partial charge in [0.25, 0.3) is 0 Å². The van der Waals surface area contributed by atoms with Gasteiger partial charge in [-0.2, -0.15) is 0 Å². The summed E-state index contributed by atoms with van der Waals surface area (Å²) in [7, 11) is 14.3. The molecule has 0 rings (SSSR count). The SMILES string of the molecule is PP.[Cl][Pd][Cl]. The third kappa shape index (κ3) is 23.2. The third-order valence-electron chi connectivity index (χ3n) is 0. The zero-order valence-corrected chi connectivity index (χ0v) is 7.60. The Bertz CT molecular complexity index is 7.61. The summed E-state index contributed by atoms with van der Waals surface area (Å²) in [5.41, 5.74) is 0. The minimum atomic E-state index is -0.106. The molecule has 5 heteroatoms. The van der Waals surface area contributed by atoms with Gasteiger partial charge in [0, 0.05) is 0 Å². The minimum absolute atomic E-state index is 0.106. The van der Waals surface area contributed by atoms with Gasteiger partial charge in [-0.05, 0) is 0 Å². The zero-order chi connectivity index (χ0) is 4.71. The van der Waals surface area contributed by atoms with Gasteiger partial charge < -0.3 is 0 Å². The molecule has 0 bridgehead atoms. The summed E-state index contributed by atoms with van der Waals surface area (Å²) in [6.45, 7) is 0. The Balaban J connectivity index is 0. The average molecular weight is 243 g/mol. The summed E-state index contributed by atoms with van der Waals surface area (Å²) in [6.07, 6.45) is 0. The molecule has 2 atom stereocenters. The quantitative estimate of drug-likeness (QED) is 0.451. The zero-order valence-electron chi connectivity index (χ0n) is 2.23. The van der Waals surface area contributed by atoms with Crippen LogP contribution in [-0.2, 0) is 15.9 Å². The molecule has 0 aliphatic rings. The standard InChI is InChI=1S/2ClH.H4P2.Pd/c;;1-2;/h2*1H;1-2H2;/q;;;+2/p-2. The van der Waals surface area contributed by atoms with E-state index in [-0.39, 0.29) is 15.9 Å². The van der Waals surface area contributed by atoms with Gasteiger partial charge in [-0.1, -0.05) is 0 Å². The molecule has 38 valence electrons. The second-order valence-corrected chi connectivity index (χ2v) is 2.41. The normalized spacial score (nSPS) is 5.60. The van der Waals surface area contributed by atoms with Crippen LogP contribution in [0.2, 0.25) is 0 Å². The average Bonchev–Trinajstić information content (AvgIpc) is 1.46. The van der Waals surface area contributed by atoms with Crippen LogP contribution < -0.4 is 0 Å². The van der Waals surface area contributed by atoms with E-state index in [9.17, 15) is 0 Å². The Hall–Kier alpha value is 2.10. The van der Waals surface area contributed by atoms with E-state index >= 15 is 0 Å². The van der Waals surface area contributed by atoms with E-state index in [1.54, 1.807) is 0 Å². The Morgan fingerprint density at radius 1 is 1.20 bits per heavy atom. The van der Waals surface area contributed by atoms with Gasteiger partial charge in [0.2, 0.25) is 0 Å². The summed E-state index contributed by atoms with van der Waals surface area (Å²) < 4.78 is 0. The van der Waals surface area contributed by atoms with Gasteiger partial charge in [0.05, 0.1) is 0 Å². The van der Waals surface area contributed by atoms with E-state index in [0.29, 0.717) is 0 Å². The number of halogens is 2. The van der Waals surface area contributed by atoms with E-state index in [1.807, 2.05) is 0 Å². The van der Waals surface area contributed by atoms with Crippen molar-refractivity contribution in [3.63, 3.8) is 0 Å². The Morgan fingerprint density at radius 3 is 1.20 bits per heavy atom. The van der Waals surface area contributed by atoms with E-state index in [2.05, 4.69) is 17.9 Å². The van der Waals surface area contributed by atoms with Crippen LogP contribution in [0.15, 0.2) is 0 Å². The van der Waals surface area contributed by atoms with Crippen LogP contribution in [0.5, 0.6) is 0 Å². The summed E-state index contributed by atoms with van der Waals surface area (Å²) in [4.78, 5) is 0. The van der Waals surface area contributed by atoms with Crippen LogP contribution in [0.3, 0.4) is 0 Å². The molecule has 2 unspecified atom stereocenters. The van der Waals surface area contributed by atoms with Crippen LogP contribution in [0.1, 0.15) is 0 Å². The molecule has 5 heavy (non-hydrogen) atoms. The van der Waals surface area contributed by atoms with Crippen molar-refractivity contribution in [3.05, 3.63) is 0 Å². The predicted molar refractivity (Wildman–Crippen MR) is 31.1 cm³/mol. The molecule has 0 nitrogen and oxygen atoms in total. The fourth-order valence-electron chi connectivity index (χ4n) is 0. The summed E-state index contributed by atoms with van der Waals surface area (Å²) in [6, 6.07) is 0. The molecule has 0 spiro atoms. The molecule has 0 saturated carbocycles. The van der Waals surface area contributed by atoms with E-state index < -0.39 is 0 Å². The second-order valence-electron chi connectivity index (χ2n) is 0.0452. The maximum atomic E-state index is 4.81. The first kappa shape index (κ1) is 10.2. The third-order valence-corrected chi connectivity index (χ3v) is 0. The molecule has 0 aromatic rings. The van der Waals surface area contributed by atoms with Crippen molar-refractivity contribution < 1.29 is 15.9 Å². The van der Waals surface area contributed by atoms with Gasteiger partial charge in [0.1, 0.15) is 0 Å². The van der Waals surface area contributed by atoms with Crippen LogP contribution >= 0.6 is 36.9 Å². The monoisotopic (exact) mass is 242 g/mol. The van der Waals surface area contributed by atoms with E-state index in [0.717, 1.165) is 0 Å². The molecular formula is H4Cl2P2Pd. The molecule has 0 aromatic carbocycles. The van der Waals surface area contributed by atoms with Gasteiger partial charge in [0.15, 0.2) is 0 Å². The van der Waals surface area contributed by atoms with Gasteiger partial charge in [-0.25, -0.2) is 0 Å². The van der Waals surface area contributed by atoms with Crippen LogP contribution in [0.25, 0.3) is 0 Å². The summed E-state index contributed by atoms with van der Waals surface area (Å²) >= 11 is -0.106. The molecule has 0 amide bonds. The topological polar surface area (TPSA) is 0 Å². The van der Waals surface area contributed by atoms with Crippen LogP contribution in [-0.4, -0.2) is 0 Å². The van der Waals surface area contributed by atoms with Crippen molar-refractivity contribution in [3.8, 4) is 0 Å². The van der Waals surface area contributed by atoms with E-state index in [4.69, 9.17) is 19.1 Å². The second kappa shape index (κ2) is 16.5. The van der Waals surface area contributed by atoms with Crippen molar-refractivity contribution >= 4 is 36.9 Å². The van der Waals surface area contributed by atoms with Gasteiger partial charge in [-0.3, -0.25) is 0 Å². The van der Waals surface area contributed by atoms with Crippen LogP contribution in [0.4, 0.5) is 0 Å². The first-order valence-electron chi connectivity index (χ1n) is 0.572. The summed E-state index contributed by atoms with van der Waals surface area (Å²) in [5, 5.41) is 0. The first-order valence-corrected chi connectivity index (χ1v) is 7.24. The fourth-order valence-corrected chi connectivity index (χ4v) is 0. The Kier molecular flexibility index (Phi) is 33.5. The fraction of sp³-hybridized carbons (Fsp3) is 0. The van der Waals surface area contributed by atoms with Gasteiger partial charge in [-0.15, -0.1) is 17.9 Å². The number of rotatable bonds is 0. The number of hydrogen-bond acceptors (Lipinski definition) is 0. The molecule has 0 aliphatic carbocycles. The van der Waals surface area contributed by atoms with Crippen molar-refractivity contribution in [2.24, 2.45) is 0 Å². The first-order chi connectivity index (χ1) is 2.41. The van der Waals surface area contributed by atoms with Crippen molar-refractivity contribution in [1.29, 1.82) is 0 Å². The molecule has 0 heterocycles. The molecule has 0 radical (unpaired) electrons. The maximum absolute atomic E-state index is 4.81. The Morgan fingerprint density at radius 2 is 1.20 bits per heavy atom.